The average Bonchev–Trinajstić information content (AvgIpc) is 1.21. The van der Waals surface area contributed by atoms with Gasteiger partial charge in [0.2, 0.25) is 52.6 Å². The Kier molecular flexibility index (Phi) is 23.8. The van der Waals surface area contributed by atoms with Crippen molar-refractivity contribution in [3.8, 4) is 200 Å². The van der Waals surface area contributed by atoms with Crippen molar-refractivity contribution in [1.29, 1.82) is 0 Å². The summed E-state index contributed by atoms with van der Waals surface area (Å²) in [6, 6.07) is 5.42. The largest absolute Gasteiger partial charge is 0.504 e. The lowest BCUT2D eigenvalue weighted by Crippen LogP contribution is -2.63. The van der Waals surface area contributed by atoms with Gasteiger partial charge in [0, 0.05) is 33.9 Å². The number of aromatic hydroxyl groups is 29. The summed E-state index contributed by atoms with van der Waals surface area (Å²) in [6.07, 6.45) is -27.5. The van der Waals surface area contributed by atoms with Gasteiger partial charge in [0.25, 0.3) is 0 Å². The highest BCUT2D eigenvalue weighted by Gasteiger charge is 2.58. The van der Waals surface area contributed by atoms with Gasteiger partial charge in [-0.3, -0.25) is 4.79 Å². The Bertz CT molecular complexity index is 6650. The van der Waals surface area contributed by atoms with Crippen molar-refractivity contribution >= 4 is 59.5 Å². The molecule has 4 aliphatic rings. The molecular formula is C83H60O52. The molecule has 10 aromatic carbocycles. The molecule has 10 aromatic rings. The topological polar surface area (TPSA) is 877 Å². The molecule has 0 spiro atoms. The Morgan fingerprint density at radius 2 is 0.533 bits per heavy atom. The van der Waals surface area contributed by atoms with E-state index in [2.05, 4.69) is 0 Å². The fourth-order valence-corrected chi connectivity index (χ4v) is 14.1. The fraction of sp³-hybridized carbons (Fsp3) is 0.157. The van der Waals surface area contributed by atoms with Crippen LogP contribution in [0.1, 0.15) is 104 Å². The zero-order chi connectivity index (χ0) is 98.4. The number of rotatable bonds is 16. The van der Waals surface area contributed by atoms with E-state index in [0.717, 1.165) is 0 Å². The van der Waals surface area contributed by atoms with Gasteiger partial charge in [-0.1, -0.05) is 0 Å². The number of phenols is 29. The molecule has 2 fully saturated rings. The first-order valence-corrected chi connectivity index (χ1v) is 37.5. The minimum absolute atomic E-state index is 0.128. The van der Waals surface area contributed by atoms with Crippen LogP contribution in [0.25, 0.3) is 22.3 Å². The van der Waals surface area contributed by atoms with Gasteiger partial charge in [-0.25, -0.2) is 43.2 Å². The van der Waals surface area contributed by atoms with Crippen molar-refractivity contribution in [2.45, 2.75) is 61.4 Å². The van der Waals surface area contributed by atoms with Crippen molar-refractivity contribution in [1.82, 2.24) is 0 Å². The molecule has 0 amide bonds. The number of fused-ring (bicyclic) bond motifs is 8. The summed E-state index contributed by atoms with van der Waals surface area (Å²) in [5, 5.41) is 314. The van der Waals surface area contributed by atoms with Crippen molar-refractivity contribution in [3.05, 3.63) is 147 Å². The van der Waals surface area contributed by atoms with Gasteiger partial charge in [-0.2, -0.15) is 0 Å². The quantitative estimate of drug-likeness (QED) is 0.0283. The van der Waals surface area contributed by atoms with E-state index in [4.69, 9.17) is 61.6 Å². The van der Waals surface area contributed by atoms with E-state index in [9.17, 15) is 186 Å². The summed E-state index contributed by atoms with van der Waals surface area (Å²) in [6.45, 7) is -4.60. The molecule has 10 atom stereocenters. The first-order valence-electron chi connectivity index (χ1n) is 37.5. The van der Waals surface area contributed by atoms with Crippen LogP contribution in [0.15, 0.2) is 91.0 Å². The molecule has 29 N–H and O–H groups in total. The van der Waals surface area contributed by atoms with Gasteiger partial charge < -0.3 is 210 Å². The summed E-state index contributed by atoms with van der Waals surface area (Å²) in [5.41, 5.74) is -16.3. The van der Waals surface area contributed by atoms with E-state index >= 15 is 9.59 Å². The summed E-state index contributed by atoms with van der Waals surface area (Å²) in [7, 11) is 0. The normalized spacial score (nSPS) is 19.1. The Morgan fingerprint density at radius 1 is 0.267 bits per heavy atom. The van der Waals surface area contributed by atoms with Gasteiger partial charge in [0.05, 0.1) is 44.5 Å². The van der Waals surface area contributed by atoms with Gasteiger partial charge in [-0.05, 0) is 84.9 Å². The highest BCUT2D eigenvalue weighted by Crippen LogP contribution is 2.58. The minimum Gasteiger partial charge on any atom is -0.504 e. The number of hydrogen-bond donors (Lipinski definition) is 29. The third-order valence-electron chi connectivity index (χ3n) is 20.6. The SMILES string of the molecule is O=C(COC1O[C@@H]2COC(=O)c3cc(O)c(O)c(O)c3-c3c(cc(O)c(O)c3O)C(=O)OC2C(OC(=O)c2cc(O)c(O)c(O)c2)[C@H]1OC(=O)c1cc(O)c(O)c(O)c1)c1cc(O)c(Oc2c(C(=O)O[C@H]3C(OC(=O)c4cc(O)c(O)c(O)c4)[C@@H]4OC(=O)c5cc(O)c(O)c(O)c5-c5c(cc(O)c(O)c5O)C(=O)OCC4O[C@H]3OC(=O)c3cc(O)c(O)c(O)c3)cc(O)c(O)c2O)c(O)c1. The van der Waals surface area contributed by atoms with Crippen LogP contribution < -0.4 is 4.74 Å². The van der Waals surface area contributed by atoms with E-state index in [1.54, 1.807) is 0 Å². The number of hydrogen-bond acceptors (Lipinski definition) is 52. The zero-order valence-electron chi connectivity index (χ0n) is 66.4. The van der Waals surface area contributed by atoms with E-state index in [1.165, 1.54) is 0 Å². The second kappa shape index (κ2) is 34.9. The Labute approximate surface area is 742 Å². The van der Waals surface area contributed by atoms with Crippen molar-refractivity contribution < 1.29 is 258 Å². The highest BCUT2D eigenvalue weighted by atomic mass is 16.8. The lowest BCUT2D eigenvalue weighted by molar-refractivity contribution is -0.295. The number of phenolic OH excluding ortho intramolecular Hbond substituents is 29. The standard InChI is InChI=1S/C83H60O52/c84-29-3-20(4-30(85)51(29)100)73(114)131-69-67-45(17-123-77(118)24-11-37(92)55(104)60(109)47(24)49-26(79(120)129-67)13-39(94)57(106)62(49)111)126-82(71(69)133-75(116)22-7-33(88)53(102)34(89)8-22)125-16-44(99)19-1-42(97)66(43(98)2-19)128-65-28(15-41(96)59(108)64(65)113)81(122)134-72-70(132-74(115)21-5-31(86)52(101)32(87)6-21)68-46(127-83(72)135-76(117)23-9-35(90)54(103)36(91)10-23)18-124-78(119)25-12-38(93)56(105)61(110)48(25)50-27(80(121)130-68)14-40(95)58(107)63(50)112/h1-15,45-46,67-72,82-98,100-113H,16-18H2/t45-,46?,67?,68-,69?,70?,71-,72+,82?,83+/m1/s1. The molecule has 5 unspecified atom stereocenters. The maximum atomic E-state index is 15.4. The first kappa shape index (κ1) is 92.2. The average molecular weight is 1890 g/mol. The fourth-order valence-electron chi connectivity index (χ4n) is 14.1. The second-order valence-corrected chi connectivity index (χ2v) is 29.1. The molecule has 2 saturated heterocycles. The molecule has 4 heterocycles. The molecule has 52 heteroatoms. The molecule has 4 aliphatic heterocycles. The van der Waals surface area contributed by atoms with Gasteiger partial charge >= 0.3 is 53.7 Å². The molecule has 0 aromatic heterocycles. The summed E-state index contributed by atoms with van der Waals surface area (Å²) < 4.78 is 74.4. The second-order valence-electron chi connectivity index (χ2n) is 29.1. The monoisotopic (exact) mass is 1890 g/mol. The predicted molar refractivity (Wildman–Crippen MR) is 420 cm³/mol. The van der Waals surface area contributed by atoms with E-state index in [0.29, 0.717) is 78.9 Å². The number of ether oxygens (including phenoxy) is 13. The molecule has 14 rings (SSSR count). The van der Waals surface area contributed by atoms with Crippen LogP contribution in [-0.4, -0.2) is 289 Å². The van der Waals surface area contributed by atoms with E-state index in [-0.39, 0.29) is 12.1 Å². The van der Waals surface area contributed by atoms with E-state index < -0.39 is 397 Å². The maximum absolute atomic E-state index is 15.4. The number of esters is 9. The number of ketones is 1. The summed E-state index contributed by atoms with van der Waals surface area (Å²) >= 11 is 0. The molecule has 0 bridgehead atoms. The predicted octanol–water partition coefficient (Wildman–Crippen LogP) is 3.78. The maximum Gasteiger partial charge on any atom is 0.342 e. The van der Waals surface area contributed by atoms with Crippen LogP contribution in [0.2, 0.25) is 0 Å². The van der Waals surface area contributed by atoms with Crippen molar-refractivity contribution in [3.63, 3.8) is 0 Å². The minimum atomic E-state index is -3.05. The van der Waals surface area contributed by atoms with Crippen LogP contribution >= 0.6 is 0 Å². The van der Waals surface area contributed by atoms with E-state index in [1.807, 2.05) is 0 Å². The number of carbonyl (C=O) groups is 10. The lowest BCUT2D eigenvalue weighted by atomic mass is 9.92. The summed E-state index contributed by atoms with van der Waals surface area (Å²) in [5.74, 6) is -63.2. The molecule has 52 nitrogen and oxygen atoms in total. The van der Waals surface area contributed by atoms with Gasteiger partial charge in [0.1, 0.15) is 37.6 Å². The molecule has 135 heavy (non-hydrogen) atoms. The molecule has 704 valence electrons. The van der Waals surface area contributed by atoms with Gasteiger partial charge in [0.15, 0.2) is 181 Å². The van der Waals surface area contributed by atoms with Crippen LogP contribution in [-0.2, 0) is 56.8 Å². The third-order valence-corrected chi connectivity index (χ3v) is 20.6. The highest BCUT2D eigenvalue weighted by molar-refractivity contribution is 6.11. The smallest absolute Gasteiger partial charge is 0.342 e. The Balaban J connectivity index is 0.844. The van der Waals surface area contributed by atoms with Crippen molar-refractivity contribution in [2.24, 2.45) is 0 Å². The molecule has 0 aliphatic carbocycles. The number of cyclic esters (lactones) is 2. The Morgan fingerprint density at radius 3 is 0.874 bits per heavy atom. The van der Waals surface area contributed by atoms with Crippen molar-refractivity contribution in [2.75, 3.05) is 19.8 Å². The number of benzene rings is 10. The van der Waals surface area contributed by atoms with Crippen LogP contribution in [0, 0.1) is 0 Å². The van der Waals surface area contributed by atoms with Gasteiger partial charge in [-0.15, -0.1) is 0 Å². The third kappa shape index (κ3) is 16.8. The zero-order valence-corrected chi connectivity index (χ0v) is 66.4. The number of Topliss-reactive ketones (excluding diaryl/α,β-unsaturated/α-hetero) is 1. The first-order chi connectivity index (χ1) is 63.5. The lowest BCUT2D eigenvalue weighted by Gasteiger charge is -2.44. The Hall–Kier alpha value is -19.0. The van der Waals surface area contributed by atoms with Crippen LogP contribution in [0.5, 0.6) is 178 Å². The molecule has 0 radical (unpaired) electrons. The molecule has 0 saturated carbocycles. The van der Waals surface area contributed by atoms with Crippen LogP contribution in [0.4, 0.5) is 0 Å². The number of carbonyl (C=O) groups excluding carboxylic acids is 10. The summed E-state index contributed by atoms with van der Waals surface area (Å²) in [4.78, 5) is 147. The molecular weight excluding hydrogens is 1830 g/mol. The van der Waals surface area contributed by atoms with Crippen LogP contribution in [0.3, 0.4) is 0 Å².